The zero-order chi connectivity index (χ0) is 23.9. The Kier molecular flexibility index (Phi) is 5.37. The van der Waals surface area contributed by atoms with E-state index in [0.717, 1.165) is 65.6 Å². The zero-order valence-electron chi connectivity index (χ0n) is 20.1. The van der Waals surface area contributed by atoms with Crippen molar-refractivity contribution in [1.29, 1.82) is 0 Å². The molecule has 7 rings (SSSR count). The van der Waals surface area contributed by atoms with E-state index >= 15 is 0 Å². The molecule has 0 radical (unpaired) electrons. The lowest BCUT2D eigenvalue weighted by Gasteiger charge is -2.08. The molecule has 2 atom stereocenters. The van der Waals surface area contributed by atoms with Crippen LogP contribution in [0.1, 0.15) is 49.4 Å². The number of benzene rings is 2. The molecule has 2 fully saturated rings. The minimum absolute atomic E-state index is 0.327. The maximum absolute atomic E-state index is 4.73. The summed E-state index contributed by atoms with van der Waals surface area (Å²) in [6.45, 7) is 2.13. The van der Waals surface area contributed by atoms with Crippen molar-refractivity contribution in [1.82, 2.24) is 35.6 Å². The van der Waals surface area contributed by atoms with Gasteiger partial charge in [0.05, 0.1) is 41.6 Å². The van der Waals surface area contributed by atoms with Crippen molar-refractivity contribution in [2.45, 2.75) is 37.8 Å². The Hall–Kier alpha value is -3.81. The van der Waals surface area contributed by atoms with Gasteiger partial charge in [-0.1, -0.05) is 36.4 Å². The van der Waals surface area contributed by atoms with E-state index in [1.807, 2.05) is 18.6 Å². The summed E-state index contributed by atoms with van der Waals surface area (Å²) in [6, 6.07) is 18.1. The molecule has 3 aromatic heterocycles. The number of aromatic nitrogens is 5. The largest absolute Gasteiger partial charge is 0.341 e. The molecule has 0 amide bonds. The van der Waals surface area contributed by atoms with Crippen molar-refractivity contribution in [3.05, 3.63) is 78.8 Å². The van der Waals surface area contributed by atoms with E-state index < -0.39 is 0 Å². The van der Waals surface area contributed by atoms with Crippen LogP contribution in [0.2, 0.25) is 0 Å². The summed E-state index contributed by atoms with van der Waals surface area (Å²) in [4.78, 5) is 20.9. The van der Waals surface area contributed by atoms with Gasteiger partial charge in [-0.3, -0.25) is 4.98 Å². The molecule has 5 aromatic rings. The second-order valence-electron chi connectivity index (χ2n) is 9.87. The summed E-state index contributed by atoms with van der Waals surface area (Å²) < 4.78 is 0. The van der Waals surface area contributed by atoms with Crippen LogP contribution < -0.4 is 10.6 Å². The van der Waals surface area contributed by atoms with Crippen LogP contribution in [0.15, 0.2) is 67.1 Å². The molecule has 7 heteroatoms. The third kappa shape index (κ3) is 4.00. The molecule has 2 aromatic carbocycles. The highest BCUT2D eigenvalue weighted by Gasteiger charge is 2.20. The van der Waals surface area contributed by atoms with Gasteiger partial charge in [-0.05, 0) is 73.0 Å². The van der Waals surface area contributed by atoms with E-state index in [4.69, 9.17) is 4.98 Å². The van der Waals surface area contributed by atoms with Crippen LogP contribution >= 0.6 is 0 Å². The Morgan fingerprint density at radius 3 is 1.92 bits per heavy atom. The van der Waals surface area contributed by atoms with E-state index in [1.165, 1.54) is 29.4 Å². The number of nitrogens with one attached hydrogen (secondary N) is 4. The van der Waals surface area contributed by atoms with Gasteiger partial charge < -0.3 is 20.6 Å². The zero-order valence-corrected chi connectivity index (χ0v) is 20.1. The second-order valence-corrected chi connectivity index (χ2v) is 9.87. The lowest BCUT2D eigenvalue weighted by Crippen LogP contribution is -2.14. The third-order valence-corrected chi connectivity index (χ3v) is 7.50. The highest BCUT2D eigenvalue weighted by Crippen LogP contribution is 2.30. The molecular weight excluding hydrogens is 446 g/mol. The van der Waals surface area contributed by atoms with Gasteiger partial charge in [0.25, 0.3) is 0 Å². The quantitative estimate of drug-likeness (QED) is 0.268. The molecule has 0 saturated carbocycles. The SMILES string of the molecule is c1cc(-c2cnc(C3CCCN3)[nH]2)ccc1-c1ccc2cc(-c3cnc([C@@H]4CCCN4)[nH]3)ncc2c1. The Labute approximate surface area is 209 Å². The van der Waals surface area contributed by atoms with Crippen LogP contribution in [0.5, 0.6) is 0 Å². The first-order valence-electron chi connectivity index (χ1n) is 12.9. The van der Waals surface area contributed by atoms with Crippen LogP contribution in [0.25, 0.3) is 44.5 Å². The average Bonchev–Trinajstić information content (AvgIpc) is 3.75. The highest BCUT2D eigenvalue weighted by atomic mass is 15.0. The van der Waals surface area contributed by atoms with E-state index in [-0.39, 0.29) is 0 Å². The fraction of sp³-hybridized carbons (Fsp3) is 0.276. The van der Waals surface area contributed by atoms with Crippen molar-refractivity contribution in [2.75, 3.05) is 13.1 Å². The van der Waals surface area contributed by atoms with Crippen LogP contribution in [0.4, 0.5) is 0 Å². The standard InChI is InChI=1S/C29H29N7/c1-3-23(30-11-1)28-33-16-26(35-28)19-7-5-18(6-8-19)20-9-10-21-14-25(32-15-22(21)13-20)27-17-34-29(36-27)24-4-2-12-31-24/h5-10,13-17,23-24,30-31H,1-4,11-12H2,(H,33,35)(H,34,36)/t23?,24-/m0/s1. The molecular formula is C29H29N7. The summed E-state index contributed by atoms with van der Waals surface area (Å²) in [5.74, 6) is 2.04. The number of aromatic amines is 2. The first-order chi connectivity index (χ1) is 17.8. The fourth-order valence-electron chi connectivity index (χ4n) is 5.45. The van der Waals surface area contributed by atoms with E-state index in [2.05, 4.69) is 79.1 Å². The lowest BCUT2D eigenvalue weighted by atomic mass is 10.00. The first-order valence-corrected chi connectivity index (χ1v) is 12.9. The van der Waals surface area contributed by atoms with Crippen molar-refractivity contribution in [2.24, 2.45) is 0 Å². The van der Waals surface area contributed by atoms with Crippen LogP contribution in [0, 0.1) is 0 Å². The predicted molar refractivity (Wildman–Crippen MR) is 142 cm³/mol. The maximum atomic E-state index is 4.73. The molecule has 2 aliphatic rings. The number of nitrogens with zero attached hydrogens (tertiary/aromatic N) is 3. The molecule has 4 N–H and O–H groups in total. The monoisotopic (exact) mass is 475 g/mol. The minimum atomic E-state index is 0.327. The third-order valence-electron chi connectivity index (χ3n) is 7.50. The van der Waals surface area contributed by atoms with Gasteiger partial charge in [-0.25, -0.2) is 9.97 Å². The van der Waals surface area contributed by atoms with Crippen LogP contribution in [-0.2, 0) is 0 Å². The summed E-state index contributed by atoms with van der Waals surface area (Å²) in [6.07, 6.45) is 10.5. The smallest absolute Gasteiger partial charge is 0.123 e. The van der Waals surface area contributed by atoms with Gasteiger partial charge >= 0.3 is 0 Å². The number of pyridine rings is 1. The number of hydrogen-bond acceptors (Lipinski definition) is 5. The molecule has 7 nitrogen and oxygen atoms in total. The molecule has 180 valence electrons. The van der Waals surface area contributed by atoms with Crippen molar-refractivity contribution >= 4 is 10.8 Å². The fourth-order valence-corrected chi connectivity index (χ4v) is 5.45. The molecule has 5 heterocycles. The average molecular weight is 476 g/mol. The number of rotatable bonds is 5. The molecule has 36 heavy (non-hydrogen) atoms. The Morgan fingerprint density at radius 1 is 0.583 bits per heavy atom. The summed E-state index contributed by atoms with van der Waals surface area (Å²) >= 11 is 0. The van der Waals surface area contributed by atoms with E-state index in [1.54, 1.807) is 0 Å². The van der Waals surface area contributed by atoms with Crippen LogP contribution in [-0.4, -0.2) is 38.0 Å². The number of hydrogen-bond donors (Lipinski definition) is 4. The lowest BCUT2D eigenvalue weighted by molar-refractivity contribution is 0.613. The predicted octanol–water partition coefficient (Wildman–Crippen LogP) is 5.53. The van der Waals surface area contributed by atoms with Gasteiger partial charge in [0.15, 0.2) is 0 Å². The van der Waals surface area contributed by atoms with Gasteiger partial charge in [0.2, 0.25) is 0 Å². The highest BCUT2D eigenvalue weighted by molar-refractivity contribution is 5.89. The van der Waals surface area contributed by atoms with E-state index in [9.17, 15) is 0 Å². The van der Waals surface area contributed by atoms with Gasteiger partial charge in [0, 0.05) is 11.6 Å². The summed E-state index contributed by atoms with van der Waals surface area (Å²) in [7, 11) is 0. The van der Waals surface area contributed by atoms with Crippen molar-refractivity contribution in [3.8, 4) is 33.8 Å². The molecule has 2 aliphatic heterocycles. The normalized spacial score (nSPS) is 19.9. The Bertz CT molecular complexity index is 1500. The summed E-state index contributed by atoms with van der Waals surface area (Å²) in [5.41, 5.74) is 6.46. The number of imidazole rings is 2. The van der Waals surface area contributed by atoms with Crippen molar-refractivity contribution < 1.29 is 0 Å². The Balaban J connectivity index is 1.11. The molecule has 0 bridgehead atoms. The maximum Gasteiger partial charge on any atom is 0.123 e. The van der Waals surface area contributed by atoms with Gasteiger partial charge in [0.1, 0.15) is 11.6 Å². The molecule has 0 aliphatic carbocycles. The van der Waals surface area contributed by atoms with E-state index in [0.29, 0.717) is 12.1 Å². The summed E-state index contributed by atoms with van der Waals surface area (Å²) in [5, 5.41) is 9.29. The first kappa shape index (κ1) is 21.5. The Morgan fingerprint density at radius 2 is 1.22 bits per heavy atom. The molecule has 2 saturated heterocycles. The number of fused-ring (bicyclic) bond motifs is 1. The molecule has 0 spiro atoms. The topological polar surface area (TPSA) is 94.3 Å². The molecule has 1 unspecified atom stereocenters. The van der Waals surface area contributed by atoms with Crippen LogP contribution in [0.3, 0.4) is 0 Å². The van der Waals surface area contributed by atoms with Gasteiger partial charge in [-0.2, -0.15) is 0 Å². The minimum Gasteiger partial charge on any atom is -0.341 e. The second kappa shape index (κ2) is 9.00. The van der Waals surface area contributed by atoms with Crippen molar-refractivity contribution in [3.63, 3.8) is 0 Å². The van der Waals surface area contributed by atoms with Gasteiger partial charge in [-0.15, -0.1) is 0 Å². The number of H-pyrrole nitrogens is 2.